The van der Waals surface area contributed by atoms with E-state index in [2.05, 4.69) is 21.0 Å². The molecule has 1 aromatic heterocycles. The zero-order valence-electron chi connectivity index (χ0n) is 18.7. The van der Waals surface area contributed by atoms with Crippen LogP contribution in [0.4, 0.5) is 0 Å². The van der Waals surface area contributed by atoms with Crippen molar-refractivity contribution in [2.45, 2.75) is 25.2 Å². The van der Waals surface area contributed by atoms with Crippen LogP contribution in [0.25, 0.3) is 10.8 Å². The lowest BCUT2D eigenvalue weighted by molar-refractivity contribution is 0.0844. The number of sulfonamides is 1. The Morgan fingerprint density at radius 3 is 2.32 bits per heavy atom. The smallest absolute Gasteiger partial charge is 0.267 e. The van der Waals surface area contributed by atoms with Gasteiger partial charge >= 0.3 is 0 Å². The minimum absolute atomic E-state index is 0.0149. The van der Waals surface area contributed by atoms with Gasteiger partial charge in [0.25, 0.3) is 17.4 Å². The summed E-state index contributed by atoms with van der Waals surface area (Å²) in [6.45, 7) is 4.90. The summed E-state index contributed by atoms with van der Waals surface area (Å²) in [5, 5.41) is 6.65. The lowest BCUT2D eigenvalue weighted by atomic mass is 9.94. The van der Waals surface area contributed by atoms with Crippen molar-refractivity contribution < 1.29 is 18.0 Å². The van der Waals surface area contributed by atoms with Crippen molar-refractivity contribution >= 4 is 32.6 Å². The molecule has 2 aromatic carbocycles. The predicted molar refractivity (Wildman–Crippen MR) is 125 cm³/mol. The molecule has 2 atom stereocenters. The maximum Gasteiger partial charge on any atom is 0.290 e. The number of fused-ring (bicyclic) bond motifs is 1. The average molecular weight is 484 g/mol. The van der Waals surface area contributed by atoms with Gasteiger partial charge in [-0.1, -0.05) is 38.1 Å². The van der Waals surface area contributed by atoms with Crippen molar-refractivity contribution in [3.8, 4) is 0 Å². The molecule has 0 saturated carbocycles. The summed E-state index contributed by atoms with van der Waals surface area (Å²) in [5.41, 5.74) is 4.09. The normalized spacial score (nSPS) is 19.0. The van der Waals surface area contributed by atoms with E-state index in [0.29, 0.717) is 18.5 Å². The van der Waals surface area contributed by atoms with E-state index in [1.807, 2.05) is 13.8 Å². The van der Waals surface area contributed by atoms with Gasteiger partial charge in [-0.3, -0.25) is 25.2 Å². The molecule has 3 N–H and O–H groups in total. The number of hydrogen-bond donors (Lipinski definition) is 3. The number of hydrogen-bond acceptors (Lipinski definition) is 6. The highest BCUT2D eigenvalue weighted by Gasteiger charge is 2.32. The third-order valence-electron chi connectivity index (χ3n) is 5.77. The molecule has 178 valence electrons. The van der Waals surface area contributed by atoms with Crippen molar-refractivity contribution in [3.05, 3.63) is 70.1 Å². The molecule has 4 rings (SSSR count). The van der Waals surface area contributed by atoms with Crippen molar-refractivity contribution in [2.75, 3.05) is 13.1 Å². The SMILES string of the molecule is C[C@@H]1C[C@@H](C)CN(S(=O)(=O)c2cccc(C(=O)NNC(=O)c3n[nH]c(=O)c4ccccc34)c2)C1. The fourth-order valence-electron chi connectivity index (χ4n) is 4.28. The van der Waals surface area contributed by atoms with E-state index < -0.39 is 27.4 Å². The molecule has 10 nitrogen and oxygen atoms in total. The Kier molecular flexibility index (Phi) is 6.49. The Balaban J connectivity index is 1.50. The number of amides is 2. The summed E-state index contributed by atoms with van der Waals surface area (Å²) in [5.74, 6) is -0.934. The van der Waals surface area contributed by atoms with Gasteiger partial charge in [-0.05, 0) is 42.5 Å². The van der Waals surface area contributed by atoms with Crippen LogP contribution in [-0.4, -0.2) is 47.8 Å². The molecule has 0 spiro atoms. The number of benzene rings is 2. The highest BCUT2D eigenvalue weighted by molar-refractivity contribution is 7.89. The van der Waals surface area contributed by atoms with Crippen LogP contribution in [0, 0.1) is 11.8 Å². The Bertz CT molecular complexity index is 1410. The molecule has 1 aliphatic heterocycles. The van der Waals surface area contributed by atoms with Gasteiger partial charge in [-0.25, -0.2) is 13.5 Å². The highest BCUT2D eigenvalue weighted by atomic mass is 32.2. The molecule has 0 bridgehead atoms. The molecular weight excluding hydrogens is 458 g/mol. The first kappa shape index (κ1) is 23.6. The van der Waals surface area contributed by atoms with Crippen LogP contribution in [0.2, 0.25) is 0 Å². The van der Waals surface area contributed by atoms with Crippen molar-refractivity contribution in [3.63, 3.8) is 0 Å². The molecule has 11 heteroatoms. The van der Waals surface area contributed by atoms with E-state index in [1.54, 1.807) is 24.3 Å². The number of aromatic nitrogens is 2. The van der Waals surface area contributed by atoms with Gasteiger partial charge in [-0.15, -0.1) is 0 Å². The van der Waals surface area contributed by atoms with E-state index in [9.17, 15) is 22.8 Å². The Labute approximate surface area is 196 Å². The number of carbonyl (C=O) groups is 2. The van der Waals surface area contributed by atoms with E-state index in [4.69, 9.17) is 0 Å². The Morgan fingerprint density at radius 1 is 0.971 bits per heavy atom. The fourth-order valence-corrected chi connectivity index (χ4v) is 6.01. The van der Waals surface area contributed by atoms with E-state index in [1.165, 1.54) is 28.6 Å². The number of H-pyrrole nitrogens is 1. The molecule has 3 aromatic rings. The summed E-state index contributed by atoms with van der Waals surface area (Å²) in [7, 11) is -3.76. The number of nitrogens with one attached hydrogen (secondary N) is 3. The second-order valence-electron chi connectivity index (χ2n) is 8.65. The maximum absolute atomic E-state index is 13.1. The summed E-state index contributed by atoms with van der Waals surface area (Å²) < 4.78 is 27.7. The van der Waals surface area contributed by atoms with Gasteiger partial charge in [0.05, 0.1) is 10.3 Å². The number of carbonyl (C=O) groups excluding carboxylic acids is 2. The van der Waals surface area contributed by atoms with Gasteiger partial charge in [0.2, 0.25) is 10.0 Å². The first-order chi connectivity index (χ1) is 16.2. The van der Waals surface area contributed by atoms with Gasteiger partial charge < -0.3 is 0 Å². The molecule has 0 radical (unpaired) electrons. The third kappa shape index (κ3) is 4.70. The van der Waals surface area contributed by atoms with Crippen LogP contribution in [-0.2, 0) is 10.0 Å². The van der Waals surface area contributed by atoms with Crippen molar-refractivity contribution in [2.24, 2.45) is 11.8 Å². The molecular formula is C23H25N5O5S. The standard InChI is InChI=1S/C23H25N5O5S/c1-14-10-15(2)13-28(12-14)34(32,33)17-7-5-6-16(11-17)21(29)25-27-23(31)20-18-8-3-4-9-19(18)22(30)26-24-20/h3-9,11,14-15H,10,12-13H2,1-2H3,(H,25,29)(H,26,30)(H,27,31)/t14-,15-/m1/s1. The zero-order chi connectivity index (χ0) is 24.5. The van der Waals surface area contributed by atoms with E-state index >= 15 is 0 Å². The molecule has 1 fully saturated rings. The van der Waals surface area contributed by atoms with Crippen LogP contribution in [0.5, 0.6) is 0 Å². The maximum atomic E-state index is 13.1. The largest absolute Gasteiger partial charge is 0.290 e. The van der Waals surface area contributed by atoms with Gasteiger partial charge in [-0.2, -0.15) is 9.40 Å². The molecule has 34 heavy (non-hydrogen) atoms. The number of piperidine rings is 1. The van der Waals surface area contributed by atoms with Gasteiger partial charge in [0, 0.05) is 24.0 Å². The lowest BCUT2D eigenvalue weighted by Gasteiger charge is -2.34. The Hall–Kier alpha value is -3.57. The minimum atomic E-state index is -3.76. The quantitative estimate of drug-likeness (QED) is 0.482. The predicted octanol–water partition coefficient (Wildman–Crippen LogP) is 1.66. The third-order valence-corrected chi connectivity index (χ3v) is 7.60. The Morgan fingerprint density at radius 2 is 1.62 bits per heavy atom. The first-order valence-electron chi connectivity index (χ1n) is 10.8. The molecule has 0 aliphatic carbocycles. The minimum Gasteiger partial charge on any atom is -0.267 e. The molecule has 1 aliphatic rings. The highest BCUT2D eigenvalue weighted by Crippen LogP contribution is 2.27. The van der Waals surface area contributed by atoms with Crippen LogP contribution in [0.1, 0.15) is 41.1 Å². The van der Waals surface area contributed by atoms with Crippen LogP contribution < -0.4 is 16.4 Å². The van der Waals surface area contributed by atoms with E-state index in [-0.39, 0.29) is 33.4 Å². The summed E-state index contributed by atoms with van der Waals surface area (Å²) in [6.07, 6.45) is 0.966. The number of nitrogens with zero attached hydrogens (tertiary/aromatic N) is 2. The summed E-state index contributed by atoms with van der Waals surface area (Å²) >= 11 is 0. The fraction of sp³-hybridized carbons (Fsp3) is 0.304. The number of hydrazine groups is 1. The summed E-state index contributed by atoms with van der Waals surface area (Å²) in [6, 6.07) is 12.1. The summed E-state index contributed by atoms with van der Waals surface area (Å²) in [4.78, 5) is 37.1. The van der Waals surface area contributed by atoms with E-state index in [0.717, 1.165) is 6.42 Å². The monoisotopic (exact) mass is 483 g/mol. The van der Waals surface area contributed by atoms with Crippen LogP contribution in [0.3, 0.4) is 0 Å². The molecule has 1 saturated heterocycles. The van der Waals surface area contributed by atoms with Crippen LogP contribution >= 0.6 is 0 Å². The lowest BCUT2D eigenvalue weighted by Crippen LogP contribution is -2.43. The van der Waals surface area contributed by atoms with Gasteiger partial charge in [0.15, 0.2) is 5.69 Å². The topological polar surface area (TPSA) is 141 Å². The van der Waals surface area contributed by atoms with Crippen LogP contribution in [0.15, 0.2) is 58.2 Å². The zero-order valence-corrected chi connectivity index (χ0v) is 19.6. The molecule has 2 amide bonds. The average Bonchev–Trinajstić information content (AvgIpc) is 2.82. The van der Waals surface area contributed by atoms with Gasteiger partial charge in [0.1, 0.15) is 0 Å². The second-order valence-corrected chi connectivity index (χ2v) is 10.6. The number of aromatic amines is 1. The number of rotatable bonds is 4. The molecule has 2 heterocycles. The second kappa shape index (κ2) is 9.35. The first-order valence-corrected chi connectivity index (χ1v) is 12.3. The van der Waals surface area contributed by atoms with Crippen molar-refractivity contribution in [1.82, 2.24) is 25.4 Å². The molecule has 0 unspecified atom stereocenters. The van der Waals surface area contributed by atoms with Crippen molar-refractivity contribution in [1.29, 1.82) is 0 Å².